The van der Waals surface area contributed by atoms with Gasteiger partial charge in [-0.05, 0) is 38.1 Å². The molecule has 0 radical (unpaired) electrons. The molecule has 2 aromatic rings. The molecule has 0 aliphatic heterocycles. The summed E-state index contributed by atoms with van der Waals surface area (Å²) < 4.78 is 4.81. The van der Waals surface area contributed by atoms with Crippen LogP contribution in [0.5, 0.6) is 0 Å². The van der Waals surface area contributed by atoms with Crippen LogP contribution in [0, 0.1) is 6.92 Å². The fourth-order valence-corrected chi connectivity index (χ4v) is 2.33. The zero-order valence-corrected chi connectivity index (χ0v) is 12.3. The minimum atomic E-state index is -0.438. The first-order valence-corrected chi connectivity index (χ1v) is 7.24. The normalized spacial score (nSPS) is 10.1. The van der Waals surface area contributed by atoms with E-state index in [0.29, 0.717) is 18.8 Å². The SMILES string of the molecule is CCOC(=O)Nc1ccc(NCc2nc(C)cs2)cc1. The van der Waals surface area contributed by atoms with Crippen LogP contribution in [0.4, 0.5) is 16.2 Å². The number of hydrogen-bond acceptors (Lipinski definition) is 5. The van der Waals surface area contributed by atoms with Crippen LogP contribution in [0.3, 0.4) is 0 Å². The standard InChI is InChI=1S/C14H17N3O2S/c1-3-19-14(18)17-12-6-4-11(5-7-12)15-8-13-16-10(2)9-20-13/h4-7,9,15H,3,8H2,1-2H3,(H,17,18). The Hall–Kier alpha value is -2.08. The van der Waals surface area contributed by atoms with Gasteiger partial charge in [-0.1, -0.05) is 0 Å². The van der Waals surface area contributed by atoms with Crippen LogP contribution >= 0.6 is 11.3 Å². The number of aryl methyl sites for hydroxylation is 1. The molecule has 0 aliphatic carbocycles. The first-order valence-electron chi connectivity index (χ1n) is 6.36. The number of nitrogens with zero attached hydrogens (tertiary/aromatic N) is 1. The molecule has 1 aromatic heterocycles. The molecule has 0 atom stereocenters. The third-order valence-corrected chi connectivity index (χ3v) is 3.48. The van der Waals surface area contributed by atoms with Crippen LogP contribution in [-0.4, -0.2) is 17.7 Å². The van der Waals surface area contributed by atoms with Crippen LogP contribution in [0.2, 0.25) is 0 Å². The van der Waals surface area contributed by atoms with Crippen molar-refractivity contribution >= 4 is 28.8 Å². The topological polar surface area (TPSA) is 63.2 Å². The Morgan fingerprint density at radius 3 is 2.60 bits per heavy atom. The molecule has 2 N–H and O–H groups in total. The van der Waals surface area contributed by atoms with Crippen LogP contribution in [0.1, 0.15) is 17.6 Å². The fraction of sp³-hybridized carbons (Fsp3) is 0.286. The summed E-state index contributed by atoms with van der Waals surface area (Å²) in [6.45, 7) is 4.81. The van der Waals surface area contributed by atoms with E-state index >= 15 is 0 Å². The first kappa shape index (κ1) is 14.3. The van der Waals surface area contributed by atoms with Crippen molar-refractivity contribution in [2.45, 2.75) is 20.4 Å². The molecule has 106 valence electrons. The lowest BCUT2D eigenvalue weighted by Gasteiger charge is -2.07. The Bertz CT molecular complexity index is 566. The maximum absolute atomic E-state index is 11.3. The van der Waals surface area contributed by atoms with Crippen molar-refractivity contribution in [3.8, 4) is 0 Å². The number of hydrogen-bond donors (Lipinski definition) is 2. The van der Waals surface area contributed by atoms with E-state index in [2.05, 4.69) is 15.6 Å². The van der Waals surface area contributed by atoms with Gasteiger partial charge in [0.1, 0.15) is 5.01 Å². The lowest BCUT2D eigenvalue weighted by atomic mass is 10.3. The highest BCUT2D eigenvalue weighted by atomic mass is 32.1. The van der Waals surface area contributed by atoms with E-state index in [0.717, 1.165) is 16.4 Å². The Morgan fingerprint density at radius 2 is 2.00 bits per heavy atom. The molecule has 0 saturated heterocycles. The van der Waals surface area contributed by atoms with Gasteiger partial charge < -0.3 is 10.1 Å². The quantitative estimate of drug-likeness (QED) is 0.883. The van der Waals surface area contributed by atoms with Crippen LogP contribution < -0.4 is 10.6 Å². The molecule has 5 nitrogen and oxygen atoms in total. The largest absolute Gasteiger partial charge is 0.450 e. The molecule has 0 fully saturated rings. The minimum absolute atomic E-state index is 0.360. The lowest BCUT2D eigenvalue weighted by molar-refractivity contribution is 0.168. The second-order valence-electron chi connectivity index (χ2n) is 4.16. The highest BCUT2D eigenvalue weighted by molar-refractivity contribution is 7.09. The fourth-order valence-electron chi connectivity index (χ4n) is 1.62. The Balaban J connectivity index is 1.86. The number of ether oxygens (including phenoxy) is 1. The summed E-state index contributed by atoms with van der Waals surface area (Å²) in [5.74, 6) is 0. The van der Waals surface area contributed by atoms with Gasteiger partial charge in [-0.15, -0.1) is 11.3 Å². The molecule has 0 aliphatic rings. The number of anilines is 2. The average Bonchev–Trinajstić information content (AvgIpc) is 2.84. The van der Waals surface area contributed by atoms with Crippen molar-refractivity contribution in [2.75, 3.05) is 17.2 Å². The number of rotatable bonds is 5. The van der Waals surface area contributed by atoms with Gasteiger partial charge in [-0.25, -0.2) is 9.78 Å². The molecule has 1 heterocycles. The zero-order valence-electron chi connectivity index (χ0n) is 11.5. The number of amides is 1. The molecule has 0 unspecified atom stereocenters. The molecule has 2 rings (SSSR count). The first-order chi connectivity index (χ1) is 9.67. The third-order valence-electron chi connectivity index (χ3n) is 2.52. The zero-order chi connectivity index (χ0) is 14.4. The monoisotopic (exact) mass is 291 g/mol. The van der Waals surface area contributed by atoms with Crippen LogP contribution in [0.15, 0.2) is 29.6 Å². The molecule has 0 bridgehead atoms. The number of aromatic nitrogens is 1. The summed E-state index contributed by atoms with van der Waals surface area (Å²) in [7, 11) is 0. The molecule has 1 aromatic carbocycles. The van der Waals surface area contributed by atoms with Gasteiger partial charge in [0.2, 0.25) is 0 Å². The van der Waals surface area contributed by atoms with E-state index in [1.54, 1.807) is 18.3 Å². The van der Waals surface area contributed by atoms with Gasteiger partial charge in [0.15, 0.2) is 0 Å². The molecule has 20 heavy (non-hydrogen) atoms. The van der Waals surface area contributed by atoms with Gasteiger partial charge in [0.05, 0.1) is 13.2 Å². The maximum Gasteiger partial charge on any atom is 0.411 e. The van der Waals surface area contributed by atoms with E-state index in [-0.39, 0.29) is 0 Å². The third kappa shape index (κ3) is 4.24. The van der Waals surface area contributed by atoms with Gasteiger partial charge in [-0.3, -0.25) is 5.32 Å². The van der Waals surface area contributed by atoms with Gasteiger partial charge in [0, 0.05) is 22.4 Å². The van der Waals surface area contributed by atoms with Crippen LogP contribution in [-0.2, 0) is 11.3 Å². The van der Waals surface area contributed by atoms with Crippen molar-refractivity contribution in [2.24, 2.45) is 0 Å². The second-order valence-corrected chi connectivity index (χ2v) is 5.10. The van der Waals surface area contributed by atoms with E-state index in [4.69, 9.17) is 4.74 Å². The number of nitrogens with one attached hydrogen (secondary N) is 2. The highest BCUT2D eigenvalue weighted by Gasteiger charge is 2.02. The minimum Gasteiger partial charge on any atom is -0.450 e. The van der Waals surface area contributed by atoms with Crippen molar-refractivity contribution < 1.29 is 9.53 Å². The molecule has 0 saturated carbocycles. The number of carbonyl (C=O) groups excluding carboxylic acids is 1. The predicted molar refractivity (Wildman–Crippen MR) is 81.3 cm³/mol. The summed E-state index contributed by atoms with van der Waals surface area (Å²) in [4.78, 5) is 15.6. The Labute approximate surface area is 122 Å². The second kappa shape index (κ2) is 6.91. The molecular weight excluding hydrogens is 274 g/mol. The lowest BCUT2D eigenvalue weighted by Crippen LogP contribution is -2.13. The highest BCUT2D eigenvalue weighted by Crippen LogP contribution is 2.16. The Morgan fingerprint density at radius 1 is 1.30 bits per heavy atom. The summed E-state index contributed by atoms with van der Waals surface area (Å²) >= 11 is 1.64. The summed E-state index contributed by atoms with van der Waals surface area (Å²) in [5, 5.41) is 9.02. The van der Waals surface area contributed by atoms with Crippen molar-refractivity contribution in [3.05, 3.63) is 40.3 Å². The summed E-state index contributed by atoms with van der Waals surface area (Å²) in [6, 6.07) is 7.46. The molecule has 0 spiro atoms. The summed E-state index contributed by atoms with van der Waals surface area (Å²) in [6.07, 6.45) is -0.438. The van der Waals surface area contributed by atoms with E-state index in [9.17, 15) is 4.79 Å². The maximum atomic E-state index is 11.3. The number of thiazole rings is 1. The van der Waals surface area contributed by atoms with Crippen molar-refractivity contribution in [1.29, 1.82) is 0 Å². The van der Waals surface area contributed by atoms with E-state index in [1.165, 1.54) is 0 Å². The van der Waals surface area contributed by atoms with Gasteiger partial charge >= 0.3 is 6.09 Å². The van der Waals surface area contributed by atoms with Crippen LogP contribution in [0.25, 0.3) is 0 Å². The molecule has 6 heteroatoms. The van der Waals surface area contributed by atoms with E-state index < -0.39 is 6.09 Å². The predicted octanol–water partition coefficient (Wildman–Crippen LogP) is 3.63. The average molecular weight is 291 g/mol. The van der Waals surface area contributed by atoms with Crippen molar-refractivity contribution in [3.63, 3.8) is 0 Å². The van der Waals surface area contributed by atoms with Gasteiger partial charge in [-0.2, -0.15) is 0 Å². The smallest absolute Gasteiger partial charge is 0.411 e. The van der Waals surface area contributed by atoms with Crippen molar-refractivity contribution in [1.82, 2.24) is 4.98 Å². The van der Waals surface area contributed by atoms with E-state index in [1.807, 2.05) is 36.6 Å². The van der Waals surface area contributed by atoms with Gasteiger partial charge in [0.25, 0.3) is 0 Å². The molecule has 1 amide bonds. The molecular formula is C14H17N3O2S. The summed E-state index contributed by atoms with van der Waals surface area (Å²) in [5.41, 5.74) is 2.73. The number of carbonyl (C=O) groups is 1. The Kier molecular flexibility index (Phi) is 4.95. The number of benzene rings is 1.